The molecule has 0 aliphatic carbocycles. The average molecular weight is 313 g/mol. The van der Waals surface area contributed by atoms with E-state index in [0.717, 1.165) is 11.1 Å². The van der Waals surface area contributed by atoms with Gasteiger partial charge in [-0.25, -0.2) is 8.42 Å². The van der Waals surface area contributed by atoms with Crippen LogP contribution in [0.5, 0.6) is 0 Å². The molecule has 2 aromatic rings. The van der Waals surface area contributed by atoms with Gasteiger partial charge >= 0.3 is 0 Å². The van der Waals surface area contributed by atoms with E-state index in [0.29, 0.717) is 11.3 Å². The van der Waals surface area contributed by atoms with Crippen LogP contribution in [0.1, 0.15) is 16.7 Å². The molecule has 1 amide bonds. The van der Waals surface area contributed by atoms with Crippen molar-refractivity contribution in [3.63, 3.8) is 0 Å². The molecule has 0 fully saturated rings. The molecule has 0 saturated heterocycles. The number of rotatable bonds is 3. The summed E-state index contributed by atoms with van der Waals surface area (Å²) in [5, 5.41) is 3.92. The second kappa shape index (κ2) is 5.42. The van der Waals surface area contributed by atoms with Gasteiger partial charge in [0.2, 0.25) is 15.7 Å². The molecule has 2 aromatic carbocycles. The van der Waals surface area contributed by atoms with Gasteiger partial charge < -0.3 is 5.32 Å². The summed E-state index contributed by atoms with van der Waals surface area (Å²) < 4.78 is 23.6. The number of hydrogen-bond donors (Lipinski definition) is 1. The summed E-state index contributed by atoms with van der Waals surface area (Å²) in [6, 6.07) is 12.6. The van der Waals surface area contributed by atoms with Crippen molar-refractivity contribution in [1.82, 2.24) is 0 Å². The quantitative estimate of drug-likeness (QED) is 0.947. The molecule has 0 radical (unpaired) electrons. The van der Waals surface area contributed by atoms with Crippen LogP contribution in [0, 0.1) is 6.92 Å². The molecule has 112 valence electrons. The van der Waals surface area contributed by atoms with Crippen LogP contribution in [0.25, 0.3) is 6.08 Å². The van der Waals surface area contributed by atoms with Gasteiger partial charge in [-0.3, -0.25) is 4.79 Å². The van der Waals surface area contributed by atoms with Crippen molar-refractivity contribution < 1.29 is 13.2 Å². The predicted octanol–water partition coefficient (Wildman–Crippen LogP) is 2.93. The van der Waals surface area contributed by atoms with E-state index in [1.165, 1.54) is 11.5 Å². The minimum atomic E-state index is -3.36. The summed E-state index contributed by atoms with van der Waals surface area (Å²) in [5.41, 5.74) is 3.19. The summed E-state index contributed by atoms with van der Waals surface area (Å²) in [6.45, 7) is 1.99. The number of carbonyl (C=O) groups excluding carboxylic acids is 1. The second-order valence-corrected chi connectivity index (χ2v) is 7.11. The lowest BCUT2D eigenvalue weighted by Crippen LogP contribution is -2.14. The van der Waals surface area contributed by atoms with Gasteiger partial charge in [0.05, 0.1) is 11.3 Å². The van der Waals surface area contributed by atoms with E-state index < -0.39 is 9.84 Å². The highest BCUT2D eigenvalue weighted by atomic mass is 32.2. The highest BCUT2D eigenvalue weighted by Crippen LogP contribution is 2.29. The zero-order chi connectivity index (χ0) is 15.7. The van der Waals surface area contributed by atoms with Crippen LogP contribution in [0.2, 0.25) is 0 Å². The van der Waals surface area contributed by atoms with Crippen LogP contribution in [0.15, 0.2) is 52.8 Å². The number of sulfone groups is 1. The average Bonchev–Trinajstić information content (AvgIpc) is 2.77. The SMILES string of the molecule is Cc1ccc(CC(=O)Nc2ccc3c(c2)S(=O)(=O)C=C3)cc1. The van der Waals surface area contributed by atoms with Crippen LogP contribution >= 0.6 is 0 Å². The Morgan fingerprint density at radius 3 is 2.55 bits per heavy atom. The highest BCUT2D eigenvalue weighted by molar-refractivity contribution is 7.94. The van der Waals surface area contributed by atoms with Gasteiger partial charge in [0.25, 0.3) is 0 Å². The fourth-order valence-electron chi connectivity index (χ4n) is 2.33. The first-order chi connectivity index (χ1) is 10.4. The summed E-state index contributed by atoms with van der Waals surface area (Å²) in [5.74, 6) is -0.174. The third-order valence-electron chi connectivity index (χ3n) is 3.52. The van der Waals surface area contributed by atoms with E-state index in [1.807, 2.05) is 31.2 Å². The van der Waals surface area contributed by atoms with Crippen molar-refractivity contribution in [1.29, 1.82) is 0 Å². The Morgan fingerprint density at radius 1 is 1.09 bits per heavy atom. The van der Waals surface area contributed by atoms with E-state index in [1.54, 1.807) is 18.2 Å². The molecule has 5 heteroatoms. The monoisotopic (exact) mass is 313 g/mol. The number of anilines is 1. The van der Waals surface area contributed by atoms with E-state index in [2.05, 4.69) is 5.32 Å². The molecule has 4 nitrogen and oxygen atoms in total. The standard InChI is InChI=1S/C17H15NO3S/c1-12-2-4-13(5-3-12)10-17(19)18-15-7-6-14-8-9-22(20,21)16(14)11-15/h2-9,11H,10H2,1H3,(H,18,19). The van der Waals surface area contributed by atoms with E-state index in [4.69, 9.17) is 0 Å². The number of carbonyl (C=O) groups is 1. The third kappa shape index (κ3) is 2.94. The summed E-state index contributed by atoms with van der Waals surface area (Å²) >= 11 is 0. The van der Waals surface area contributed by atoms with Gasteiger partial charge in [0, 0.05) is 11.1 Å². The van der Waals surface area contributed by atoms with Crippen molar-refractivity contribution in [2.45, 2.75) is 18.2 Å². The third-order valence-corrected chi connectivity index (χ3v) is 4.98. The molecule has 0 spiro atoms. The van der Waals surface area contributed by atoms with Crippen LogP contribution < -0.4 is 5.32 Å². The van der Waals surface area contributed by atoms with E-state index in [9.17, 15) is 13.2 Å². The molecule has 1 N–H and O–H groups in total. The number of benzene rings is 2. The Balaban J connectivity index is 1.74. The van der Waals surface area contributed by atoms with E-state index >= 15 is 0 Å². The van der Waals surface area contributed by atoms with Crippen LogP contribution in [-0.4, -0.2) is 14.3 Å². The topological polar surface area (TPSA) is 63.2 Å². The number of aryl methyl sites for hydroxylation is 1. The summed E-state index contributed by atoms with van der Waals surface area (Å²) in [7, 11) is -3.36. The van der Waals surface area contributed by atoms with Crippen LogP contribution in [-0.2, 0) is 21.1 Å². The summed E-state index contributed by atoms with van der Waals surface area (Å²) in [6.07, 6.45) is 1.81. The molecule has 0 bridgehead atoms. The molecule has 0 unspecified atom stereocenters. The van der Waals surface area contributed by atoms with Gasteiger partial charge in [0.15, 0.2) is 0 Å². The van der Waals surface area contributed by atoms with Crippen molar-refractivity contribution in [3.8, 4) is 0 Å². The largest absolute Gasteiger partial charge is 0.326 e. The first kappa shape index (κ1) is 14.5. The zero-order valence-electron chi connectivity index (χ0n) is 12.0. The number of fused-ring (bicyclic) bond motifs is 1. The zero-order valence-corrected chi connectivity index (χ0v) is 12.9. The molecule has 1 aliphatic rings. The number of amides is 1. The molecular weight excluding hydrogens is 298 g/mol. The normalized spacial score (nSPS) is 14.6. The molecule has 1 aliphatic heterocycles. The molecule has 1 heterocycles. The fourth-order valence-corrected chi connectivity index (χ4v) is 3.56. The van der Waals surface area contributed by atoms with Gasteiger partial charge in [0.1, 0.15) is 0 Å². The molecule has 0 saturated carbocycles. The fraction of sp³-hybridized carbons (Fsp3) is 0.118. The molecule has 0 atom stereocenters. The molecular formula is C17H15NO3S. The lowest BCUT2D eigenvalue weighted by atomic mass is 10.1. The first-order valence-electron chi connectivity index (χ1n) is 6.87. The van der Waals surface area contributed by atoms with Gasteiger partial charge in [-0.15, -0.1) is 0 Å². The first-order valence-corrected chi connectivity index (χ1v) is 8.41. The van der Waals surface area contributed by atoms with Gasteiger partial charge in [-0.2, -0.15) is 0 Å². The van der Waals surface area contributed by atoms with Crippen molar-refractivity contribution in [2.75, 3.05) is 5.32 Å². The Morgan fingerprint density at radius 2 is 1.82 bits per heavy atom. The number of hydrogen-bond acceptors (Lipinski definition) is 3. The van der Waals surface area contributed by atoms with Gasteiger partial charge in [-0.05, 0) is 36.3 Å². The van der Waals surface area contributed by atoms with Crippen LogP contribution in [0.4, 0.5) is 5.69 Å². The Bertz CT molecular complexity index is 865. The van der Waals surface area contributed by atoms with Gasteiger partial charge in [-0.1, -0.05) is 35.9 Å². The number of nitrogens with one attached hydrogen (secondary N) is 1. The van der Waals surface area contributed by atoms with Crippen molar-refractivity contribution in [2.24, 2.45) is 0 Å². The maximum Gasteiger partial charge on any atom is 0.228 e. The van der Waals surface area contributed by atoms with E-state index in [-0.39, 0.29) is 17.2 Å². The van der Waals surface area contributed by atoms with Crippen molar-refractivity contribution in [3.05, 3.63) is 64.6 Å². The molecule has 22 heavy (non-hydrogen) atoms. The smallest absolute Gasteiger partial charge is 0.228 e. The lowest BCUT2D eigenvalue weighted by Gasteiger charge is -2.07. The Hall–Kier alpha value is -2.40. The second-order valence-electron chi connectivity index (χ2n) is 5.31. The lowest BCUT2D eigenvalue weighted by molar-refractivity contribution is -0.115. The highest BCUT2D eigenvalue weighted by Gasteiger charge is 2.21. The van der Waals surface area contributed by atoms with Crippen molar-refractivity contribution >= 4 is 27.5 Å². The maximum absolute atomic E-state index is 12.1. The summed E-state index contributed by atoms with van der Waals surface area (Å²) in [4.78, 5) is 12.3. The maximum atomic E-state index is 12.1. The Labute approximate surface area is 129 Å². The molecule has 0 aromatic heterocycles. The predicted molar refractivity (Wildman–Crippen MR) is 86.2 cm³/mol. The minimum absolute atomic E-state index is 0.174. The molecule has 3 rings (SSSR count). The minimum Gasteiger partial charge on any atom is -0.326 e. The van der Waals surface area contributed by atoms with Crippen LogP contribution in [0.3, 0.4) is 0 Å². The Kier molecular flexibility index (Phi) is 3.58.